The summed E-state index contributed by atoms with van der Waals surface area (Å²) in [4.78, 5) is 14.0. The minimum Gasteiger partial charge on any atom is -0.462 e. The van der Waals surface area contributed by atoms with Crippen LogP contribution in [0.1, 0.15) is 52.0 Å². The second-order valence-electron chi connectivity index (χ2n) is 11.6. The van der Waals surface area contributed by atoms with E-state index in [4.69, 9.17) is 21.3 Å². The van der Waals surface area contributed by atoms with Crippen LogP contribution in [0.3, 0.4) is 0 Å². The van der Waals surface area contributed by atoms with E-state index in [1.165, 1.54) is 0 Å². The number of anilines is 1. The van der Waals surface area contributed by atoms with E-state index in [0.29, 0.717) is 52.1 Å². The molecular formula is C30H37ClFN7O. The molecule has 2 unspecified atom stereocenters. The van der Waals surface area contributed by atoms with Gasteiger partial charge < -0.3 is 19.9 Å². The van der Waals surface area contributed by atoms with Gasteiger partial charge in [-0.3, -0.25) is 5.10 Å². The average Bonchev–Trinajstić information content (AvgIpc) is 3.65. The number of halogens is 2. The van der Waals surface area contributed by atoms with Gasteiger partial charge in [0.05, 0.1) is 16.6 Å². The Morgan fingerprint density at radius 1 is 1.18 bits per heavy atom. The van der Waals surface area contributed by atoms with Gasteiger partial charge in [-0.1, -0.05) is 23.3 Å². The molecule has 10 heteroatoms. The van der Waals surface area contributed by atoms with Crippen molar-refractivity contribution in [3.63, 3.8) is 0 Å². The molecule has 8 nitrogen and oxygen atoms in total. The number of fused-ring (bicyclic) bond motifs is 3. The molecule has 3 fully saturated rings. The third kappa shape index (κ3) is 5.22. The average molecular weight is 566 g/mol. The summed E-state index contributed by atoms with van der Waals surface area (Å²) >= 11 is 6.85. The molecule has 0 spiro atoms. The molecule has 3 aliphatic heterocycles. The lowest BCUT2D eigenvalue weighted by Gasteiger charge is -2.34. The van der Waals surface area contributed by atoms with E-state index in [1.54, 1.807) is 6.20 Å². The number of nitrogens with zero attached hydrogens (tertiary/aromatic N) is 5. The van der Waals surface area contributed by atoms with E-state index >= 15 is 4.39 Å². The van der Waals surface area contributed by atoms with Gasteiger partial charge in [-0.05, 0) is 77.8 Å². The van der Waals surface area contributed by atoms with E-state index in [9.17, 15) is 0 Å². The molecule has 3 aromatic rings. The maximum absolute atomic E-state index is 16.6. The minimum atomic E-state index is -0.473. The molecule has 0 amide bonds. The molecule has 0 radical (unpaired) electrons. The number of hydrogen-bond donors (Lipinski definition) is 2. The molecule has 6 rings (SSSR count). The Hall–Kier alpha value is -3.01. The van der Waals surface area contributed by atoms with Crippen molar-refractivity contribution >= 4 is 40.0 Å². The fourth-order valence-electron chi connectivity index (χ4n) is 6.25. The molecule has 2 bridgehead atoms. The molecular weight excluding hydrogens is 529 g/mol. The van der Waals surface area contributed by atoms with Crippen molar-refractivity contribution < 1.29 is 9.13 Å². The van der Waals surface area contributed by atoms with Crippen LogP contribution in [0.15, 0.2) is 23.9 Å². The van der Waals surface area contributed by atoms with E-state index in [2.05, 4.69) is 37.3 Å². The molecule has 3 saturated heterocycles. The van der Waals surface area contributed by atoms with Crippen molar-refractivity contribution in [3.8, 4) is 6.01 Å². The molecule has 1 aromatic carbocycles. The first-order valence-electron chi connectivity index (χ1n) is 14.2. The zero-order valence-corrected chi connectivity index (χ0v) is 24.4. The predicted molar refractivity (Wildman–Crippen MR) is 158 cm³/mol. The van der Waals surface area contributed by atoms with Gasteiger partial charge in [0.25, 0.3) is 0 Å². The normalized spacial score (nSPS) is 24.2. The summed E-state index contributed by atoms with van der Waals surface area (Å²) < 4.78 is 22.7. The topological polar surface area (TPSA) is 82.2 Å². The SMILES string of the molecule is CC(C)=C/C=c1/[nH]nc/c1=C(/C)c1c(Cl)cc2c(N3CC4CCC(C3)N4)nc(OC[C@@H]3CCCN3C)nc2c1F. The standard InChI is InChI=1S/C30H37ClFN7O/c1-17(2)7-10-25-23(13-33-37-25)18(3)26-24(31)12-22-28(27(26)32)35-30(40-16-21-6-5-11-38(21)4)36-29(22)39-14-19-8-9-20(15-39)34-19/h7,10,12-13,19-21,34,37H,5-6,8-9,11,14-16H2,1-4H3/b23-18+,25-10+/t19?,20?,21-/m0/s1. The summed E-state index contributed by atoms with van der Waals surface area (Å²) in [6.07, 6.45) is 10.1. The molecule has 0 saturated carbocycles. The number of ether oxygens (including phenoxy) is 1. The summed E-state index contributed by atoms with van der Waals surface area (Å²) in [6, 6.07) is 3.11. The number of likely N-dealkylation sites (tertiary alicyclic amines) is 1. The van der Waals surface area contributed by atoms with E-state index in [-0.39, 0.29) is 11.5 Å². The molecule has 3 aliphatic rings. The molecule has 40 heavy (non-hydrogen) atoms. The molecule has 212 valence electrons. The lowest BCUT2D eigenvalue weighted by atomic mass is 10.0. The number of hydrogen-bond acceptors (Lipinski definition) is 7. The van der Waals surface area contributed by atoms with Gasteiger partial charge in [0, 0.05) is 47.4 Å². The molecule has 2 aromatic heterocycles. The highest BCUT2D eigenvalue weighted by Gasteiger charge is 2.34. The summed E-state index contributed by atoms with van der Waals surface area (Å²) in [5.74, 6) is 0.211. The number of allylic oxidation sites excluding steroid dienone is 2. The fraction of sp³-hybridized carbons (Fsp3) is 0.500. The first kappa shape index (κ1) is 27.2. The number of rotatable bonds is 6. The van der Waals surface area contributed by atoms with E-state index < -0.39 is 5.82 Å². The van der Waals surface area contributed by atoms with Gasteiger partial charge >= 0.3 is 6.01 Å². The maximum atomic E-state index is 16.6. The summed E-state index contributed by atoms with van der Waals surface area (Å²) in [6.45, 7) is 9.04. The van der Waals surface area contributed by atoms with Crippen LogP contribution in [0, 0.1) is 5.82 Å². The van der Waals surface area contributed by atoms with Crippen LogP contribution in [0.2, 0.25) is 5.02 Å². The zero-order chi connectivity index (χ0) is 28.0. The number of likely N-dealkylation sites (N-methyl/N-ethyl adjacent to an activating group) is 1. The number of benzene rings is 1. The van der Waals surface area contributed by atoms with Gasteiger partial charge in [-0.25, -0.2) is 4.39 Å². The Kier molecular flexibility index (Phi) is 7.54. The fourth-order valence-corrected chi connectivity index (χ4v) is 6.58. The largest absolute Gasteiger partial charge is 0.462 e. The van der Waals surface area contributed by atoms with Crippen LogP contribution in [0.25, 0.3) is 22.6 Å². The number of aromatic amines is 1. The van der Waals surface area contributed by atoms with Crippen LogP contribution in [-0.2, 0) is 0 Å². The van der Waals surface area contributed by atoms with Crippen molar-refractivity contribution in [1.29, 1.82) is 0 Å². The predicted octanol–water partition coefficient (Wildman–Crippen LogP) is 3.52. The van der Waals surface area contributed by atoms with Crippen LogP contribution < -0.4 is 25.5 Å². The van der Waals surface area contributed by atoms with Crippen molar-refractivity contribution in [3.05, 3.63) is 50.9 Å². The summed E-state index contributed by atoms with van der Waals surface area (Å²) in [5, 5.41) is 13.4. The number of H-pyrrole nitrogens is 1. The molecule has 2 N–H and O–H groups in total. The van der Waals surface area contributed by atoms with Crippen molar-refractivity contribution in [2.45, 2.75) is 64.6 Å². The first-order valence-corrected chi connectivity index (χ1v) is 14.6. The Bertz CT molecular complexity index is 1570. The van der Waals surface area contributed by atoms with Gasteiger partial charge in [0.15, 0.2) is 5.82 Å². The van der Waals surface area contributed by atoms with Gasteiger partial charge in [0.1, 0.15) is 17.9 Å². The minimum absolute atomic E-state index is 0.208. The number of piperazine rings is 1. The molecule has 5 heterocycles. The summed E-state index contributed by atoms with van der Waals surface area (Å²) in [5.41, 5.74) is 2.37. The van der Waals surface area contributed by atoms with Crippen molar-refractivity contribution in [2.75, 3.05) is 38.2 Å². The second kappa shape index (κ2) is 11.1. The lowest BCUT2D eigenvalue weighted by Crippen LogP contribution is -2.51. The maximum Gasteiger partial charge on any atom is 0.319 e. The third-order valence-electron chi connectivity index (χ3n) is 8.47. The quantitative estimate of drug-likeness (QED) is 0.473. The third-order valence-corrected chi connectivity index (χ3v) is 8.76. The Balaban J connectivity index is 1.49. The smallest absolute Gasteiger partial charge is 0.319 e. The Morgan fingerprint density at radius 2 is 1.95 bits per heavy atom. The number of aromatic nitrogens is 4. The van der Waals surface area contributed by atoms with Crippen LogP contribution in [-0.4, -0.2) is 76.5 Å². The first-order chi connectivity index (χ1) is 19.3. The summed E-state index contributed by atoms with van der Waals surface area (Å²) in [7, 11) is 2.11. The van der Waals surface area contributed by atoms with E-state index in [0.717, 1.165) is 61.5 Å². The van der Waals surface area contributed by atoms with Gasteiger partial charge in [-0.2, -0.15) is 15.1 Å². The zero-order valence-electron chi connectivity index (χ0n) is 23.6. The van der Waals surface area contributed by atoms with Gasteiger partial charge in [-0.15, -0.1) is 0 Å². The monoisotopic (exact) mass is 565 g/mol. The van der Waals surface area contributed by atoms with Crippen LogP contribution in [0.4, 0.5) is 10.2 Å². The van der Waals surface area contributed by atoms with Crippen LogP contribution in [0.5, 0.6) is 6.01 Å². The number of nitrogens with one attached hydrogen (secondary N) is 2. The van der Waals surface area contributed by atoms with E-state index in [1.807, 2.05) is 39.0 Å². The highest BCUT2D eigenvalue weighted by Crippen LogP contribution is 2.37. The van der Waals surface area contributed by atoms with Crippen molar-refractivity contribution in [1.82, 2.24) is 30.4 Å². The highest BCUT2D eigenvalue weighted by molar-refractivity contribution is 6.33. The molecule has 0 aliphatic carbocycles. The lowest BCUT2D eigenvalue weighted by molar-refractivity contribution is 0.188. The Labute approximate surface area is 239 Å². The van der Waals surface area contributed by atoms with Crippen molar-refractivity contribution in [2.24, 2.45) is 0 Å². The Morgan fingerprint density at radius 3 is 2.65 bits per heavy atom. The van der Waals surface area contributed by atoms with Crippen LogP contribution >= 0.6 is 11.6 Å². The molecule has 3 atom stereocenters. The second-order valence-corrected chi connectivity index (χ2v) is 12.0. The highest BCUT2D eigenvalue weighted by atomic mass is 35.5. The van der Waals surface area contributed by atoms with Gasteiger partial charge in [0.2, 0.25) is 0 Å².